The van der Waals surface area contributed by atoms with Crippen molar-refractivity contribution in [1.29, 1.82) is 0 Å². The van der Waals surface area contributed by atoms with Crippen molar-refractivity contribution in [2.24, 2.45) is 11.7 Å². The molecule has 0 saturated heterocycles. The van der Waals surface area contributed by atoms with Gasteiger partial charge in [0.05, 0.1) is 5.69 Å². The van der Waals surface area contributed by atoms with Crippen molar-refractivity contribution < 1.29 is 0 Å². The van der Waals surface area contributed by atoms with Gasteiger partial charge in [0.15, 0.2) is 0 Å². The maximum Gasteiger partial charge on any atom is 0.0712 e. The normalized spacial score (nSPS) is 19.3. The third-order valence-corrected chi connectivity index (χ3v) is 3.87. The standard InChI is InChI=1S/C12H17BrN2/c13-10-6-3-7-15-12(10)11(14)8-9-4-1-2-5-9/h3,6-7,9,11H,1-2,4-5,8,14H2. The summed E-state index contributed by atoms with van der Waals surface area (Å²) in [4.78, 5) is 4.35. The quantitative estimate of drug-likeness (QED) is 0.913. The molecule has 82 valence electrons. The Morgan fingerprint density at radius 3 is 2.87 bits per heavy atom. The lowest BCUT2D eigenvalue weighted by atomic mass is 9.97. The maximum atomic E-state index is 6.18. The third kappa shape index (κ3) is 2.79. The molecule has 1 saturated carbocycles. The van der Waals surface area contributed by atoms with E-state index in [1.165, 1.54) is 25.7 Å². The smallest absolute Gasteiger partial charge is 0.0712 e. The molecule has 0 aliphatic heterocycles. The predicted octanol–water partition coefficient (Wildman–Crippen LogP) is 3.42. The summed E-state index contributed by atoms with van der Waals surface area (Å²) in [6, 6.07) is 4.02. The lowest BCUT2D eigenvalue weighted by Gasteiger charge is -2.16. The minimum Gasteiger partial charge on any atom is -0.323 e. The minimum absolute atomic E-state index is 0.0867. The zero-order valence-corrected chi connectivity index (χ0v) is 10.4. The highest BCUT2D eigenvalue weighted by atomic mass is 79.9. The lowest BCUT2D eigenvalue weighted by Crippen LogP contribution is -2.16. The second kappa shape index (κ2) is 5.08. The zero-order chi connectivity index (χ0) is 10.7. The number of rotatable bonds is 3. The summed E-state index contributed by atoms with van der Waals surface area (Å²) in [6.45, 7) is 0. The molecule has 0 amide bonds. The number of nitrogens with two attached hydrogens (primary N) is 1. The van der Waals surface area contributed by atoms with Gasteiger partial charge in [-0.25, -0.2) is 0 Å². The average molecular weight is 269 g/mol. The molecule has 1 atom stereocenters. The first-order valence-corrected chi connectivity index (χ1v) is 6.42. The number of aromatic nitrogens is 1. The first-order valence-electron chi connectivity index (χ1n) is 5.63. The second-order valence-electron chi connectivity index (χ2n) is 4.36. The predicted molar refractivity (Wildman–Crippen MR) is 65.4 cm³/mol. The summed E-state index contributed by atoms with van der Waals surface area (Å²) < 4.78 is 1.04. The Bertz CT molecular complexity index is 321. The van der Waals surface area contributed by atoms with Crippen LogP contribution in [0.15, 0.2) is 22.8 Å². The summed E-state index contributed by atoms with van der Waals surface area (Å²) in [7, 11) is 0. The van der Waals surface area contributed by atoms with Crippen LogP contribution in [0.3, 0.4) is 0 Å². The van der Waals surface area contributed by atoms with Gasteiger partial charge in [0.25, 0.3) is 0 Å². The molecule has 1 aliphatic carbocycles. The number of hydrogen-bond acceptors (Lipinski definition) is 2. The largest absolute Gasteiger partial charge is 0.323 e. The van der Waals surface area contributed by atoms with Crippen molar-refractivity contribution >= 4 is 15.9 Å². The second-order valence-corrected chi connectivity index (χ2v) is 5.22. The van der Waals surface area contributed by atoms with Gasteiger partial charge in [-0.2, -0.15) is 0 Å². The fraction of sp³-hybridized carbons (Fsp3) is 0.583. The summed E-state index contributed by atoms with van der Waals surface area (Å²) in [5.41, 5.74) is 7.19. The van der Waals surface area contributed by atoms with Crippen LogP contribution in [0.1, 0.15) is 43.8 Å². The molecule has 0 spiro atoms. The van der Waals surface area contributed by atoms with Crippen molar-refractivity contribution in [3.8, 4) is 0 Å². The monoisotopic (exact) mass is 268 g/mol. The van der Waals surface area contributed by atoms with E-state index >= 15 is 0 Å². The molecule has 2 nitrogen and oxygen atoms in total. The highest BCUT2D eigenvalue weighted by Crippen LogP contribution is 2.33. The molecule has 15 heavy (non-hydrogen) atoms. The van der Waals surface area contributed by atoms with Gasteiger partial charge in [0, 0.05) is 16.7 Å². The van der Waals surface area contributed by atoms with E-state index in [0.717, 1.165) is 22.5 Å². The van der Waals surface area contributed by atoms with Crippen LogP contribution in [0.5, 0.6) is 0 Å². The molecule has 1 aliphatic rings. The van der Waals surface area contributed by atoms with E-state index in [9.17, 15) is 0 Å². The molecule has 2 N–H and O–H groups in total. The third-order valence-electron chi connectivity index (χ3n) is 3.20. The van der Waals surface area contributed by atoms with Crippen LogP contribution in [0.4, 0.5) is 0 Å². The molecule has 1 fully saturated rings. The number of hydrogen-bond donors (Lipinski definition) is 1. The highest BCUT2D eigenvalue weighted by molar-refractivity contribution is 9.10. The van der Waals surface area contributed by atoms with Crippen LogP contribution in [-0.2, 0) is 0 Å². The average Bonchev–Trinajstić information content (AvgIpc) is 2.71. The van der Waals surface area contributed by atoms with Crippen LogP contribution >= 0.6 is 15.9 Å². The summed E-state index contributed by atoms with van der Waals surface area (Å²) >= 11 is 3.50. The van der Waals surface area contributed by atoms with E-state index in [4.69, 9.17) is 5.73 Å². The molecule has 0 aromatic carbocycles. The molecule has 1 unspecified atom stereocenters. The van der Waals surface area contributed by atoms with E-state index in [-0.39, 0.29) is 6.04 Å². The van der Waals surface area contributed by atoms with Crippen molar-refractivity contribution in [2.45, 2.75) is 38.1 Å². The molecule has 3 heteroatoms. The number of halogens is 1. The zero-order valence-electron chi connectivity index (χ0n) is 8.82. The molecule has 0 bridgehead atoms. The lowest BCUT2D eigenvalue weighted by molar-refractivity contribution is 0.445. The highest BCUT2D eigenvalue weighted by Gasteiger charge is 2.20. The molecular formula is C12H17BrN2. The minimum atomic E-state index is 0.0867. The Balaban J connectivity index is 2.00. The van der Waals surface area contributed by atoms with Gasteiger partial charge in [0.2, 0.25) is 0 Å². The Hall–Kier alpha value is -0.410. The summed E-state index contributed by atoms with van der Waals surface area (Å²) in [6.07, 6.45) is 8.34. The van der Waals surface area contributed by atoms with Crippen LogP contribution in [0, 0.1) is 5.92 Å². The first-order chi connectivity index (χ1) is 7.27. The van der Waals surface area contributed by atoms with Gasteiger partial charge in [0.1, 0.15) is 0 Å². The van der Waals surface area contributed by atoms with Crippen molar-refractivity contribution in [3.05, 3.63) is 28.5 Å². The van der Waals surface area contributed by atoms with Gasteiger partial charge < -0.3 is 5.73 Å². The Kier molecular flexibility index (Phi) is 3.76. The Morgan fingerprint density at radius 2 is 2.20 bits per heavy atom. The topological polar surface area (TPSA) is 38.9 Å². The fourth-order valence-electron chi connectivity index (χ4n) is 2.39. The fourth-order valence-corrected chi connectivity index (χ4v) is 2.94. The molecule has 2 rings (SSSR count). The van der Waals surface area contributed by atoms with Crippen molar-refractivity contribution in [3.63, 3.8) is 0 Å². The van der Waals surface area contributed by atoms with E-state index < -0.39 is 0 Å². The van der Waals surface area contributed by atoms with E-state index in [2.05, 4.69) is 20.9 Å². The Morgan fingerprint density at radius 1 is 1.47 bits per heavy atom. The van der Waals surface area contributed by atoms with Crippen molar-refractivity contribution in [1.82, 2.24) is 4.98 Å². The SMILES string of the molecule is NC(CC1CCCC1)c1ncccc1Br. The Labute approximate surface area is 99.4 Å². The van der Waals surface area contributed by atoms with Crippen LogP contribution in [0.25, 0.3) is 0 Å². The molecule has 1 aromatic heterocycles. The van der Waals surface area contributed by atoms with Crippen LogP contribution in [-0.4, -0.2) is 4.98 Å². The molecule has 1 heterocycles. The summed E-state index contributed by atoms with van der Waals surface area (Å²) in [5, 5.41) is 0. The van der Waals surface area contributed by atoms with E-state index in [0.29, 0.717) is 0 Å². The van der Waals surface area contributed by atoms with Crippen LogP contribution in [0.2, 0.25) is 0 Å². The van der Waals surface area contributed by atoms with Gasteiger partial charge in [-0.05, 0) is 40.4 Å². The maximum absolute atomic E-state index is 6.18. The van der Waals surface area contributed by atoms with E-state index in [1.54, 1.807) is 0 Å². The molecular weight excluding hydrogens is 252 g/mol. The van der Waals surface area contributed by atoms with Gasteiger partial charge in [-0.3, -0.25) is 4.98 Å². The molecule has 0 radical (unpaired) electrons. The van der Waals surface area contributed by atoms with E-state index in [1.807, 2.05) is 18.3 Å². The van der Waals surface area contributed by atoms with Crippen LogP contribution < -0.4 is 5.73 Å². The molecule has 1 aromatic rings. The first kappa shape index (κ1) is 11.1. The van der Waals surface area contributed by atoms with Gasteiger partial charge in [-0.1, -0.05) is 25.7 Å². The summed E-state index contributed by atoms with van der Waals surface area (Å²) in [5.74, 6) is 0.814. The van der Waals surface area contributed by atoms with Gasteiger partial charge >= 0.3 is 0 Å². The van der Waals surface area contributed by atoms with Crippen molar-refractivity contribution in [2.75, 3.05) is 0 Å². The van der Waals surface area contributed by atoms with Gasteiger partial charge in [-0.15, -0.1) is 0 Å². The number of pyridine rings is 1. The number of nitrogens with zero attached hydrogens (tertiary/aromatic N) is 1.